The number of ether oxygens (including phenoxy) is 1. The van der Waals surface area contributed by atoms with E-state index in [1.54, 1.807) is 11.3 Å². The Morgan fingerprint density at radius 1 is 1.59 bits per heavy atom. The van der Waals surface area contributed by atoms with Gasteiger partial charge in [-0.25, -0.2) is 0 Å². The van der Waals surface area contributed by atoms with Crippen LogP contribution >= 0.6 is 22.9 Å². The highest BCUT2D eigenvalue weighted by molar-refractivity contribution is 7.16. The predicted octanol–water partition coefficient (Wildman–Crippen LogP) is 3.03. The minimum atomic E-state index is -0.160. The number of rotatable bonds is 6. The van der Waals surface area contributed by atoms with Crippen LogP contribution in [0.2, 0.25) is 4.34 Å². The molecule has 1 atom stereocenters. The van der Waals surface area contributed by atoms with Crippen LogP contribution in [-0.4, -0.2) is 31.1 Å². The maximum Gasteiger partial charge on any atom is 0.309 e. The zero-order chi connectivity index (χ0) is 12.8. The fraction of sp³-hybridized carbons (Fsp3) is 0.583. The molecule has 0 aliphatic carbocycles. The van der Waals surface area contributed by atoms with Gasteiger partial charge in [0.05, 0.1) is 17.4 Å². The van der Waals surface area contributed by atoms with Gasteiger partial charge in [0, 0.05) is 18.0 Å². The zero-order valence-corrected chi connectivity index (χ0v) is 12.0. The van der Waals surface area contributed by atoms with Crippen LogP contribution in [0.4, 0.5) is 0 Å². The topological polar surface area (TPSA) is 29.5 Å². The Hall–Kier alpha value is -0.580. The first-order valence-corrected chi connectivity index (χ1v) is 6.80. The SMILES string of the molecule is CCN(Cc1ccc(Cl)s1)CC(C)C(=O)OC. The summed E-state index contributed by atoms with van der Waals surface area (Å²) in [6.07, 6.45) is 0. The van der Waals surface area contributed by atoms with E-state index in [9.17, 15) is 4.79 Å². The maximum atomic E-state index is 11.4. The van der Waals surface area contributed by atoms with Crippen molar-refractivity contribution in [1.82, 2.24) is 4.90 Å². The van der Waals surface area contributed by atoms with Gasteiger partial charge in [-0.3, -0.25) is 9.69 Å². The summed E-state index contributed by atoms with van der Waals surface area (Å²) in [5.74, 6) is -0.261. The molecular weight excluding hydrogens is 258 g/mol. The Morgan fingerprint density at radius 2 is 2.29 bits per heavy atom. The van der Waals surface area contributed by atoms with Gasteiger partial charge >= 0.3 is 5.97 Å². The number of carbonyl (C=O) groups is 1. The van der Waals surface area contributed by atoms with Gasteiger partial charge in [0.2, 0.25) is 0 Å². The van der Waals surface area contributed by atoms with Crippen molar-refractivity contribution >= 4 is 28.9 Å². The third-order valence-corrected chi connectivity index (χ3v) is 3.81. The van der Waals surface area contributed by atoms with E-state index in [4.69, 9.17) is 16.3 Å². The molecule has 5 heteroatoms. The van der Waals surface area contributed by atoms with Gasteiger partial charge in [-0.2, -0.15) is 0 Å². The van der Waals surface area contributed by atoms with Crippen LogP contribution in [0.25, 0.3) is 0 Å². The molecule has 0 aromatic carbocycles. The number of methoxy groups -OCH3 is 1. The number of hydrogen-bond acceptors (Lipinski definition) is 4. The molecule has 1 rings (SSSR count). The zero-order valence-electron chi connectivity index (χ0n) is 10.4. The van der Waals surface area contributed by atoms with Crippen molar-refractivity contribution < 1.29 is 9.53 Å². The van der Waals surface area contributed by atoms with Crippen LogP contribution in [0.1, 0.15) is 18.7 Å². The molecule has 1 aromatic heterocycles. The van der Waals surface area contributed by atoms with Crippen molar-refractivity contribution in [3.8, 4) is 0 Å². The number of hydrogen-bond donors (Lipinski definition) is 0. The lowest BCUT2D eigenvalue weighted by Crippen LogP contribution is -2.31. The highest BCUT2D eigenvalue weighted by Crippen LogP contribution is 2.22. The van der Waals surface area contributed by atoms with E-state index >= 15 is 0 Å². The molecule has 0 bridgehead atoms. The molecule has 96 valence electrons. The summed E-state index contributed by atoms with van der Waals surface area (Å²) in [5, 5.41) is 0. The second-order valence-corrected chi connectivity index (χ2v) is 5.76. The van der Waals surface area contributed by atoms with Crippen LogP contribution in [-0.2, 0) is 16.1 Å². The average molecular weight is 276 g/mol. The standard InChI is InChI=1S/C12H18ClNO2S/c1-4-14(7-9(2)12(15)16-3)8-10-5-6-11(13)17-10/h5-6,9H,4,7-8H2,1-3H3. The van der Waals surface area contributed by atoms with E-state index in [0.29, 0.717) is 6.54 Å². The van der Waals surface area contributed by atoms with Crippen molar-refractivity contribution in [3.05, 3.63) is 21.3 Å². The molecular formula is C12H18ClNO2S. The van der Waals surface area contributed by atoms with Gasteiger partial charge in [0.1, 0.15) is 0 Å². The van der Waals surface area contributed by atoms with Crippen LogP contribution < -0.4 is 0 Å². The number of nitrogens with zero attached hydrogens (tertiary/aromatic N) is 1. The lowest BCUT2D eigenvalue weighted by atomic mass is 10.1. The molecule has 0 saturated heterocycles. The van der Waals surface area contributed by atoms with Crippen molar-refractivity contribution in [3.63, 3.8) is 0 Å². The van der Waals surface area contributed by atoms with Gasteiger partial charge in [-0.05, 0) is 18.7 Å². The van der Waals surface area contributed by atoms with E-state index in [-0.39, 0.29) is 11.9 Å². The lowest BCUT2D eigenvalue weighted by Gasteiger charge is -2.22. The van der Waals surface area contributed by atoms with Crippen molar-refractivity contribution in [2.24, 2.45) is 5.92 Å². The van der Waals surface area contributed by atoms with Gasteiger partial charge in [-0.15, -0.1) is 11.3 Å². The number of halogens is 1. The molecule has 3 nitrogen and oxygen atoms in total. The summed E-state index contributed by atoms with van der Waals surface area (Å²) in [7, 11) is 1.42. The van der Waals surface area contributed by atoms with Crippen LogP contribution in [0.3, 0.4) is 0 Å². The van der Waals surface area contributed by atoms with Gasteiger partial charge in [-0.1, -0.05) is 25.4 Å². The monoisotopic (exact) mass is 275 g/mol. The molecule has 1 aromatic rings. The third kappa shape index (κ3) is 4.66. The van der Waals surface area contributed by atoms with E-state index in [1.807, 2.05) is 19.1 Å². The second kappa shape index (κ2) is 6.99. The molecule has 0 amide bonds. The average Bonchev–Trinajstić information content (AvgIpc) is 2.72. The lowest BCUT2D eigenvalue weighted by molar-refractivity contribution is -0.145. The number of esters is 1. The first kappa shape index (κ1) is 14.5. The summed E-state index contributed by atoms with van der Waals surface area (Å²) in [4.78, 5) is 14.8. The van der Waals surface area contributed by atoms with E-state index in [0.717, 1.165) is 17.4 Å². The molecule has 17 heavy (non-hydrogen) atoms. The van der Waals surface area contributed by atoms with E-state index < -0.39 is 0 Å². The highest BCUT2D eigenvalue weighted by Gasteiger charge is 2.17. The first-order chi connectivity index (χ1) is 8.06. The molecule has 1 unspecified atom stereocenters. The van der Waals surface area contributed by atoms with Crippen LogP contribution in [0, 0.1) is 5.92 Å². The smallest absolute Gasteiger partial charge is 0.309 e. The molecule has 0 radical (unpaired) electrons. The maximum absolute atomic E-state index is 11.4. The van der Waals surface area contributed by atoms with Gasteiger partial charge in [0.25, 0.3) is 0 Å². The Labute approximate surface area is 111 Å². The quantitative estimate of drug-likeness (QED) is 0.748. The normalized spacial score (nSPS) is 12.8. The molecule has 0 aliphatic heterocycles. The fourth-order valence-corrected chi connectivity index (χ4v) is 2.76. The third-order valence-electron chi connectivity index (χ3n) is 2.59. The van der Waals surface area contributed by atoms with Crippen molar-refractivity contribution in [1.29, 1.82) is 0 Å². The highest BCUT2D eigenvalue weighted by atomic mass is 35.5. The second-order valence-electron chi connectivity index (χ2n) is 3.96. The fourth-order valence-electron chi connectivity index (χ4n) is 1.63. The minimum Gasteiger partial charge on any atom is -0.469 e. The predicted molar refractivity (Wildman–Crippen MR) is 71.5 cm³/mol. The first-order valence-electron chi connectivity index (χ1n) is 5.61. The molecule has 0 saturated carbocycles. The number of thiophene rings is 1. The molecule has 0 aliphatic rings. The summed E-state index contributed by atoms with van der Waals surface area (Å²) < 4.78 is 5.53. The van der Waals surface area contributed by atoms with Gasteiger partial charge < -0.3 is 4.74 Å². The minimum absolute atomic E-state index is 0.101. The molecule has 0 N–H and O–H groups in total. The van der Waals surface area contributed by atoms with Crippen LogP contribution in [0.5, 0.6) is 0 Å². The van der Waals surface area contributed by atoms with Crippen LogP contribution in [0.15, 0.2) is 12.1 Å². The summed E-state index contributed by atoms with van der Waals surface area (Å²) >= 11 is 7.47. The van der Waals surface area contributed by atoms with Crippen molar-refractivity contribution in [2.45, 2.75) is 20.4 Å². The van der Waals surface area contributed by atoms with E-state index in [1.165, 1.54) is 12.0 Å². The summed E-state index contributed by atoms with van der Waals surface area (Å²) in [6, 6.07) is 3.93. The Bertz CT molecular complexity index is 367. The summed E-state index contributed by atoms with van der Waals surface area (Å²) in [5.41, 5.74) is 0. The number of carbonyl (C=O) groups excluding carboxylic acids is 1. The molecule has 0 spiro atoms. The van der Waals surface area contributed by atoms with Gasteiger partial charge in [0.15, 0.2) is 0 Å². The molecule has 0 fully saturated rings. The Balaban J connectivity index is 2.51. The van der Waals surface area contributed by atoms with Crippen molar-refractivity contribution in [2.75, 3.05) is 20.2 Å². The Morgan fingerprint density at radius 3 is 2.76 bits per heavy atom. The molecule has 1 heterocycles. The largest absolute Gasteiger partial charge is 0.469 e. The summed E-state index contributed by atoms with van der Waals surface area (Å²) in [6.45, 7) is 6.40. The Kier molecular flexibility index (Phi) is 5.95. The van der Waals surface area contributed by atoms with E-state index in [2.05, 4.69) is 11.8 Å².